The first-order valence-electron chi connectivity index (χ1n) is 3.10. The Kier molecular flexibility index (Phi) is 2.45. The van der Waals surface area contributed by atoms with Gasteiger partial charge in [-0.15, -0.1) is 0 Å². The van der Waals surface area contributed by atoms with E-state index < -0.39 is 28.5 Å². The number of aromatic nitrogens is 1. The lowest BCUT2D eigenvalue weighted by atomic mass is 10.2. The van der Waals surface area contributed by atoms with Crippen LogP contribution >= 0.6 is 0 Å². The molecule has 0 radical (unpaired) electrons. The van der Waals surface area contributed by atoms with Crippen molar-refractivity contribution in [3.63, 3.8) is 0 Å². The van der Waals surface area contributed by atoms with Gasteiger partial charge in [-0.2, -0.15) is 0 Å². The van der Waals surface area contributed by atoms with Crippen LogP contribution in [0.4, 0.5) is 19.0 Å². The smallest absolute Gasteiger partial charge is 0.358 e. The summed E-state index contributed by atoms with van der Waals surface area (Å²) in [5.74, 6) is -2.04. The van der Waals surface area contributed by atoms with E-state index in [0.29, 0.717) is 12.3 Å². The van der Waals surface area contributed by atoms with E-state index in [1.165, 1.54) is 0 Å². The van der Waals surface area contributed by atoms with Crippen LogP contribution in [0.25, 0.3) is 0 Å². The fourth-order valence-corrected chi connectivity index (χ4v) is 0.761. The van der Waals surface area contributed by atoms with Crippen molar-refractivity contribution in [2.75, 3.05) is 0 Å². The average molecular weight is 192 g/mol. The third-order valence-corrected chi connectivity index (χ3v) is 1.27. The summed E-state index contributed by atoms with van der Waals surface area (Å²) in [6.07, 6.45) is -2.59. The van der Waals surface area contributed by atoms with Gasteiger partial charge in [0.1, 0.15) is 5.56 Å². The summed E-state index contributed by atoms with van der Waals surface area (Å²) in [5.41, 5.74) is -1.01. The van der Waals surface area contributed by atoms with E-state index in [1.54, 1.807) is 0 Å². The van der Waals surface area contributed by atoms with Crippen LogP contribution in [0.1, 0.15) is 12.0 Å². The van der Waals surface area contributed by atoms with Gasteiger partial charge in [-0.1, -0.05) is 0 Å². The van der Waals surface area contributed by atoms with E-state index >= 15 is 0 Å². The van der Waals surface area contributed by atoms with Crippen LogP contribution < -0.4 is 0 Å². The standard InChI is InChI=1S/C6H3F3N2O2/c7-3-1-4(5(8)9)6(10-2-3)11(12)13/h1-2,5H. The van der Waals surface area contributed by atoms with Crippen molar-refractivity contribution < 1.29 is 18.1 Å². The lowest BCUT2D eigenvalue weighted by molar-refractivity contribution is -0.391. The van der Waals surface area contributed by atoms with E-state index in [0.717, 1.165) is 0 Å². The van der Waals surface area contributed by atoms with E-state index in [9.17, 15) is 23.3 Å². The van der Waals surface area contributed by atoms with Gasteiger partial charge in [-0.3, -0.25) is 0 Å². The van der Waals surface area contributed by atoms with Crippen LogP contribution in [0.5, 0.6) is 0 Å². The summed E-state index contributed by atoms with van der Waals surface area (Å²) < 4.78 is 36.5. The number of pyridine rings is 1. The maximum atomic E-state index is 12.4. The van der Waals surface area contributed by atoms with Gasteiger partial charge in [0.05, 0.1) is 0 Å². The quantitative estimate of drug-likeness (QED) is 0.532. The van der Waals surface area contributed by atoms with Crippen molar-refractivity contribution in [3.05, 3.63) is 33.8 Å². The van der Waals surface area contributed by atoms with E-state index in [2.05, 4.69) is 4.98 Å². The van der Waals surface area contributed by atoms with Crippen LogP contribution in [0.15, 0.2) is 12.3 Å². The van der Waals surface area contributed by atoms with Crippen LogP contribution in [0.2, 0.25) is 0 Å². The van der Waals surface area contributed by atoms with Crippen molar-refractivity contribution in [2.45, 2.75) is 6.43 Å². The zero-order chi connectivity index (χ0) is 10.0. The minimum Gasteiger partial charge on any atom is -0.358 e. The minimum absolute atomic E-state index is 0.399. The molecule has 70 valence electrons. The lowest BCUT2D eigenvalue weighted by Crippen LogP contribution is -1.99. The Hall–Kier alpha value is -1.66. The van der Waals surface area contributed by atoms with Gasteiger partial charge >= 0.3 is 5.82 Å². The molecule has 0 saturated heterocycles. The van der Waals surface area contributed by atoms with E-state index in [-0.39, 0.29) is 0 Å². The number of nitro groups is 1. The van der Waals surface area contributed by atoms with Crippen LogP contribution in [-0.2, 0) is 0 Å². The molecule has 0 unspecified atom stereocenters. The summed E-state index contributed by atoms with van der Waals surface area (Å²) in [7, 11) is 0. The molecule has 0 bridgehead atoms. The van der Waals surface area contributed by atoms with Gasteiger partial charge in [0.15, 0.2) is 12.0 Å². The molecule has 0 aliphatic carbocycles. The molecule has 1 heterocycles. The maximum absolute atomic E-state index is 12.4. The average Bonchev–Trinajstić information content (AvgIpc) is 2.03. The highest BCUT2D eigenvalue weighted by Crippen LogP contribution is 2.26. The summed E-state index contributed by atoms with van der Waals surface area (Å²) >= 11 is 0. The first kappa shape index (κ1) is 9.43. The second-order valence-corrected chi connectivity index (χ2v) is 2.12. The monoisotopic (exact) mass is 192 g/mol. The number of halogens is 3. The third kappa shape index (κ3) is 1.92. The van der Waals surface area contributed by atoms with Crippen molar-refractivity contribution in [2.24, 2.45) is 0 Å². The molecule has 0 spiro atoms. The van der Waals surface area contributed by atoms with Crippen molar-refractivity contribution in [1.29, 1.82) is 0 Å². The Morgan fingerprint density at radius 3 is 2.62 bits per heavy atom. The predicted octanol–water partition coefficient (Wildman–Crippen LogP) is 2.07. The fourth-order valence-electron chi connectivity index (χ4n) is 0.761. The number of rotatable bonds is 2. The van der Waals surface area contributed by atoms with E-state index in [4.69, 9.17) is 0 Å². The molecule has 0 aromatic carbocycles. The molecular formula is C6H3F3N2O2. The maximum Gasteiger partial charge on any atom is 0.372 e. The Bertz CT molecular complexity index is 343. The van der Waals surface area contributed by atoms with Crippen molar-refractivity contribution in [1.82, 2.24) is 4.98 Å². The van der Waals surface area contributed by atoms with Gasteiger partial charge in [0.2, 0.25) is 0 Å². The topological polar surface area (TPSA) is 56.0 Å². The highest BCUT2D eigenvalue weighted by Gasteiger charge is 2.23. The molecule has 1 rings (SSSR count). The molecule has 1 aromatic heterocycles. The number of nitrogens with zero attached hydrogens (tertiary/aromatic N) is 2. The zero-order valence-corrected chi connectivity index (χ0v) is 6.08. The molecule has 0 aliphatic rings. The second kappa shape index (κ2) is 3.38. The molecule has 0 atom stereocenters. The molecule has 4 nitrogen and oxygen atoms in total. The van der Waals surface area contributed by atoms with Gasteiger partial charge in [0.25, 0.3) is 6.43 Å². The summed E-state index contributed by atoms with van der Waals surface area (Å²) in [4.78, 5) is 12.0. The number of hydrogen-bond acceptors (Lipinski definition) is 3. The summed E-state index contributed by atoms with van der Waals surface area (Å²) in [6, 6.07) is 0.399. The Morgan fingerprint density at radius 1 is 1.54 bits per heavy atom. The lowest BCUT2D eigenvalue weighted by Gasteiger charge is -1.99. The normalized spacial score (nSPS) is 10.5. The Labute approximate surface area is 70.2 Å². The largest absolute Gasteiger partial charge is 0.372 e. The van der Waals surface area contributed by atoms with Crippen LogP contribution in [0, 0.1) is 15.9 Å². The molecule has 0 aliphatic heterocycles. The van der Waals surface area contributed by atoms with Crippen LogP contribution in [0.3, 0.4) is 0 Å². The first-order chi connectivity index (χ1) is 6.02. The highest BCUT2D eigenvalue weighted by atomic mass is 19.3. The van der Waals surface area contributed by atoms with Gasteiger partial charge < -0.3 is 10.1 Å². The summed E-state index contributed by atoms with van der Waals surface area (Å²) in [6.45, 7) is 0. The number of hydrogen-bond donors (Lipinski definition) is 0. The fraction of sp³-hybridized carbons (Fsp3) is 0.167. The van der Waals surface area contributed by atoms with Gasteiger partial charge in [-0.25, -0.2) is 13.2 Å². The minimum atomic E-state index is -3.11. The third-order valence-electron chi connectivity index (χ3n) is 1.27. The highest BCUT2D eigenvalue weighted by molar-refractivity contribution is 5.33. The van der Waals surface area contributed by atoms with Gasteiger partial charge in [-0.05, 0) is 16.0 Å². The molecule has 0 fully saturated rings. The first-order valence-corrected chi connectivity index (χ1v) is 3.10. The Balaban J connectivity index is 3.26. The Morgan fingerprint density at radius 2 is 2.15 bits per heavy atom. The van der Waals surface area contributed by atoms with Crippen molar-refractivity contribution >= 4 is 5.82 Å². The van der Waals surface area contributed by atoms with E-state index in [1.807, 2.05) is 0 Å². The zero-order valence-electron chi connectivity index (χ0n) is 6.08. The molecule has 7 heteroatoms. The molecule has 0 saturated carbocycles. The van der Waals surface area contributed by atoms with Crippen molar-refractivity contribution in [3.8, 4) is 0 Å². The molecule has 13 heavy (non-hydrogen) atoms. The van der Waals surface area contributed by atoms with Crippen LogP contribution in [-0.4, -0.2) is 9.91 Å². The second-order valence-electron chi connectivity index (χ2n) is 2.12. The summed E-state index contributed by atoms with van der Waals surface area (Å²) in [5, 5.41) is 10.1. The molecule has 0 amide bonds. The number of alkyl halides is 2. The molecular weight excluding hydrogens is 189 g/mol. The molecule has 0 N–H and O–H groups in total. The predicted molar refractivity (Wildman–Crippen MR) is 35.8 cm³/mol. The SMILES string of the molecule is O=[N+]([O-])c1ncc(F)cc1C(F)F. The molecule has 1 aromatic rings. The van der Waals surface area contributed by atoms with Gasteiger partial charge in [0, 0.05) is 0 Å².